The number of urea groups is 1. The molecule has 2 aliphatic rings. The summed E-state index contributed by atoms with van der Waals surface area (Å²) in [5.74, 6) is -0.573. The minimum Gasteiger partial charge on any atom is -0.495 e. The summed E-state index contributed by atoms with van der Waals surface area (Å²) in [6.45, 7) is 2.66. The van der Waals surface area contributed by atoms with Crippen molar-refractivity contribution in [2.75, 3.05) is 50.2 Å². The summed E-state index contributed by atoms with van der Waals surface area (Å²) < 4.78 is 10.6. The molecule has 166 valence electrons. The molecule has 0 radical (unpaired) electrons. The van der Waals surface area contributed by atoms with Crippen molar-refractivity contribution in [3.05, 3.63) is 59.8 Å². The number of methoxy groups -OCH3 is 1. The van der Waals surface area contributed by atoms with Crippen molar-refractivity contribution in [1.29, 1.82) is 0 Å². The van der Waals surface area contributed by atoms with Gasteiger partial charge in [0.25, 0.3) is 5.91 Å². The molecule has 2 N–H and O–H groups in total. The summed E-state index contributed by atoms with van der Waals surface area (Å²) in [7, 11) is 1.49. The molecule has 9 nitrogen and oxygen atoms in total. The molecule has 2 aromatic rings. The molecule has 0 aliphatic carbocycles. The fourth-order valence-electron chi connectivity index (χ4n) is 3.57. The summed E-state index contributed by atoms with van der Waals surface area (Å²) in [4.78, 5) is 40.5. The first kappa shape index (κ1) is 21.4. The molecule has 2 aromatic carbocycles. The first-order chi connectivity index (χ1) is 15.5. The highest BCUT2D eigenvalue weighted by molar-refractivity contribution is 6.16. The van der Waals surface area contributed by atoms with Crippen molar-refractivity contribution in [2.45, 2.75) is 0 Å². The van der Waals surface area contributed by atoms with Crippen LogP contribution in [0.1, 0.15) is 5.56 Å². The molecule has 9 heteroatoms. The normalized spacial score (nSPS) is 17.5. The van der Waals surface area contributed by atoms with E-state index in [1.165, 1.54) is 7.11 Å². The summed E-state index contributed by atoms with van der Waals surface area (Å²) in [5.41, 5.74) is 2.43. The molecule has 0 bridgehead atoms. The number of rotatable bonds is 6. The van der Waals surface area contributed by atoms with Gasteiger partial charge in [0.05, 0.1) is 26.0 Å². The van der Waals surface area contributed by atoms with Crippen molar-refractivity contribution < 1.29 is 23.9 Å². The van der Waals surface area contributed by atoms with Crippen molar-refractivity contribution in [3.63, 3.8) is 0 Å². The van der Waals surface area contributed by atoms with Crippen molar-refractivity contribution in [1.82, 2.24) is 10.2 Å². The van der Waals surface area contributed by atoms with E-state index in [1.807, 2.05) is 24.3 Å². The Hall–Kier alpha value is -3.85. The number of imide groups is 1. The maximum atomic E-state index is 12.7. The predicted octanol–water partition coefficient (Wildman–Crippen LogP) is 2.06. The van der Waals surface area contributed by atoms with Crippen molar-refractivity contribution in [3.8, 4) is 5.75 Å². The third-order valence-electron chi connectivity index (χ3n) is 5.23. The minimum absolute atomic E-state index is 0.124. The summed E-state index contributed by atoms with van der Waals surface area (Å²) in [6.07, 6.45) is 1.60. The Labute approximate surface area is 185 Å². The molecule has 2 fully saturated rings. The molecular formula is C23H24N4O5. The molecule has 0 unspecified atom stereocenters. The lowest BCUT2D eigenvalue weighted by molar-refractivity contribution is -0.127. The minimum atomic E-state index is -0.638. The number of nitrogens with zero attached hydrogens (tertiary/aromatic N) is 2. The molecule has 0 aromatic heterocycles. The summed E-state index contributed by atoms with van der Waals surface area (Å²) >= 11 is 0. The fraction of sp³-hybridized carbons (Fsp3) is 0.261. The zero-order chi connectivity index (χ0) is 22.5. The largest absolute Gasteiger partial charge is 0.495 e. The zero-order valence-electron chi connectivity index (χ0n) is 17.7. The number of hydrogen-bond donors (Lipinski definition) is 2. The predicted molar refractivity (Wildman–Crippen MR) is 119 cm³/mol. The molecule has 2 aliphatic heterocycles. The third kappa shape index (κ3) is 4.73. The van der Waals surface area contributed by atoms with Crippen molar-refractivity contribution >= 4 is 35.3 Å². The number of para-hydroxylation sites is 2. The van der Waals surface area contributed by atoms with Gasteiger partial charge in [0.15, 0.2) is 0 Å². The van der Waals surface area contributed by atoms with Crippen LogP contribution in [0.3, 0.4) is 0 Å². The van der Waals surface area contributed by atoms with E-state index in [2.05, 4.69) is 15.5 Å². The number of amides is 4. The Morgan fingerprint density at radius 1 is 1.12 bits per heavy atom. The number of carbonyl (C=O) groups excluding carboxylic acids is 3. The SMILES string of the molecule is COc1ccccc1NC(=O)CN1C(=O)N/C(=C/c2ccc(N3CCOCC3)cc2)C1=O. The lowest BCUT2D eigenvalue weighted by Gasteiger charge is -2.28. The van der Waals surface area contributed by atoms with Crippen LogP contribution in [0.25, 0.3) is 6.08 Å². The summed E-state index contributed by atoms with van der Waals surface area (Å²) in [6, 6.07) is 14.0. The second kappa shape index (κ2) is 9.52. The van der Waals surface area contributed by atoms with Gasteiger partial charge in [-0.25, -0.2) is 9.69 Å². The fourth-order valence-corrected chi connectivity index (χ4v) is 3.57. The summed E-state index contributed by atoms with van der Waals surface area (Å²) in [5, 5.41) is 5.20. The van der Waals surface area contributed by atoms with E-state index in [-0.39, 0.29) is 5.70 Å². The van der Waals surface area contributed by atoms with Gasteiger partial charge in [-0.1, -0.05) is 24.3 Å². The highest BCUT2D eigenvalue weighted by atomic mass is 16.5. The Bertz CT molecular complexity index is 1040. The molecule has 2 heterocycles. The van der Waals surface area contributed by atoms with Crippen LogP contribution in [0.5, 0.6) is 5.75 Å². The molecule has 32 heavy (non-hydrogen) atoms. The van der Waals surface area contributed by atoms with Crippen LogP contribution in [0, 0.1) is 0 Å². The molecule has 2 saturated heterocycles. The molecule has 0 saturated carbocycles. The third-order valence-corrected chi connectivity index (χ3v) is 5.23. The van der Waals surface area contributed by atoms with Gasteiger partial charge in [-0.3, -0.25) is 9.59 Å². The quantitative estimate of drug-likeness (QED) is 0.531. The van der Waals surface area contributed by atoms with Crippen LogP contribution in [-0.2, 0) is 14.3 Å². The van der Waals surface area contributed by atoms with E-state index in [1.54, 1.807) is 30.3 Å². The van der Waals surface area contributed by atoms with E-state index < -0.39 is 24.4 Å². The highest BCUT2D eigenvalue weighted by Gasteiger charge is 2.35. The molecule has 0 atom stereocenters. The van der Waals surface area contributed by atoms with Gasteiger partial charge in [0.2, 0.25) is 5.91 Å². The molecule has 4 rings (SSSR count). The van der Waals surface area contributed by atoms with Crippen LogP contribution in [-0.4, -0.2) is 62.7 Å². The zero-order valence-corrected chi connectivity index (χ0v) is 17.7. The van der Waals surface area contributed by atoms with Gasteiger partial charge in [-0.05, 0) is 35.9 Å². The number of hydrogen-bond acceptors (Lipinski definition) is 6. The average molecular weight is 436 g/mol. The Balaban J connectivity index is 1.40. The van der Waals surface area contributed by atoms with E-state index in [0.717, 1.165) is 29.2 Å². The first-order valence-electron chi connectivity index (χ1n) is 10.3. The van der Waals surface area contributed by atoms with E-state index >= 15 is 0 Å². The number of nitrogens with one attached hydrogen (secondary N) is 2. The molecule has 0 spiro atoms. The van der Waals surface area contributed by atoms with Crippen LogP contribution in [0.4, 0.5) is 16.2 Å². The van der Waals surface area contributed by atoms with Crippen LogP contribution < -0.4 is 20.3 Å². The van der Waals surface area contributed by atoms with Crippen LogP contribution >= 0.6 is 0 Å². The van der Waals surface area contributed by atoms with Gasteiger partial charge < -0.3 is 25.0 Å². The maximum absolute atomic E-state index is 12.7. The van der Waals surface area contributed by atoms with Gasteiger partial charge in [-0.15, -0.1) is 0 Å². The molecule has 4 amide bonds. The van der Waals surface area contributed by atoms with Gasteiger partial charge in [0.1, 0.15) is 18.0 Å². The van der Waals surface area contributed by atoms with E-state index in [4.69, 9.17) is 9.47 Å². The topological polar surface area (TPSA) is 100 Å². The lowest BCUT2D eigenvalue weighted by Crippen LogP contribution is -2.38. The number of carbonyl (C=O) groups is 3. The second-order valence-corrected chi connectivity index (χ2v) is 7.32. The lowest BCUT2D eigenvalue weighted by atomic mass is 10.1. The number of ether oxygens (including phenoxy) is 2. The Morgan fingerprint density at radius 2 is 1.84 bits per heavy atom. The van der Waals surface area contributed by atoms with Crippen molar-refractivity contribution in [2.24, 2.45) is 0 Å². The smallest absolute Gasteiger partial charge is 0.329 e. The average Bonchev–Trinajstić information content (AvgIpc) is 3.07. The standard InChI is InChI=1S/C23H24N4O5/c1-31-20-5-3-2-4-18(20)24-21(28)15-27-22(29)19(25-23(27)30)14-16-6-8-17(9-7-16)26-10-12-32-13-11-26/h2-9,14H,10-13,15H2,1H3,(H,24,28)(H,25,30)/b19-14+. The molecular weight excluding hydrogens is 412 g/mol. The van der Waals surface area contributed by atoms with Crippen LogP contribution in [0.2, 0.25) is 0 Å². The van der Waals surface area contributed by atoms with Crippen LogP contribution in [0.15, 0.2) is 54.2 Å². The van der Waals surface area contributed by atoms with Gasteiger partial charge in [-0.2, -0.15) is 0 Å². The number of morpholine rings is 1. The van der Waals surface area contributed by atoms with Gasteiger partial charge >= 0.3 is 6.03 Å². The Kier molecular flexibility index (Phi) is 6.37. The van der Waals surface area contributed by atoms with E-state index in [9.17, 15) is 14.4 Å². The highest BCUT2D eigenvalue weighted by Crippen LogP contribution is 2.23. The van der Waals surface area contributed by atoms with E-state index in [0.29, 0.717) is 24.7 Å². The first-order valence-corrected chi connectivity index (χ1v) is 10.3. The monoisotopic (exact) mass is 436 g/mol. The second-order valence-electron chi connectivity index (χ2n) is 7.32. The maximum Gasteiger partial charge on any atom is 0.329 e. The van der Waals surface area contributed by atoms with Gasteiger partial charge in [0, 0.05) is 18.8 Å². The number of benzene rings is 2. The Morgan fingerprint density at radius 3 is 2.56 bits per heavy atom. The number of anilines is 2.